The molecule has 0 unspecified atom stereocenters. The van der Waals surface area contributed by atoms with Crippen LogP contribution in [0.1, 0.15) is 29.5 Å². The van der Waals surface area contributed by atoms with Crippen molar-refractivity contribution in [2.45, 2.75) is 19.8 Å². The zero-order valence-corrected chi connectivity index (χ0v) is 14.3. The first-order chi connectivity index (χ1) is 11.7. The molecule has 0 bridgehead atoms. The molecule has 0 fully saturated rings. The fraction of sp³-hybridized carbons (Fsp3) is 0.353. The van der Waals surface area contributed by atoms with Crippen molar-refractivity contribution in [2.24, 2.45) is 0 Å². The molecular weight excluding hydrogens is 326 g/mol. The van der Waals surface area contributed by atoms with E-state index in [2.05, 4.69) is 27.0 Å². The SMILES string of the molecule is CCc1c(C(=O)NCC2=CCNCC2)nnn1-c1cccc(Cl)c1. The van der Waals surface area contributed by atoms with Crippen LogP contribution < -0.4 is 10.6 Å². The van der Waals surface area contributed by atoms with E-state index in [4.69, 9.17) is 11.6 Å². The van der Waals surface area contributed by atoms with Gasteiger partial charge in [-0.1, -0.05) is 41.5 Å². The maximum atomic E-state index is 12.5. The van der Waals surface area contributed by atoms with E-state index in [0.717, 1.165) is 30.9 Å². The predicted molar refractivity (Wildman–Crippen MR) is 93.6 cm³/mol. The van der Waals surface area contributed by atoms with Gasteiger partial charge in [0.2, 0.25) is 0 Å². The summed E-state index contributed by atoms with van der Waals surface area (Å²) in [6, 6.07) is 7.34. The molecule has 2 heterocycles. The number of aromatic nitrogens is 3. The summed E-state index contributed by atoms with van der Waals surface area (Å²) in [5, 5.41) is 15.0. The smallest absolute Gasteiger partial charge is 0.274 e. The van der Waals surface area contributed by atoms with Gasteiger partial charge in [0.05, 0.1) is 11.4 Å². The molecule has 1 aromatic carbocycles. The van der Waals surface area contributed by atoms with E-state index in [9.17, 15) is 4.79 Å². The Balaban J connectivity index is 1.78. The fourth-order valence-corrected chi connectivity index (χ4v) is 2.90. The number of carbonyl (C=O) groups excluding carboxylic acids is 1. The van der Waals surface area contributed by atoms with Crippen molar-refractivity contribution in [3.05, 3.63) is 52.3 Å². The Morgan fingerprint density at radius 1 is 1.46 bits per heavy atom. The Morgan fingerprint density at radius 3 is 3.04 bits per heavy atom. The predicted octanol–water partition coefficient (Wildman–Crippen LogP) is 2.13. The van der Waals surface area contributed by atoms with E-state index in [1.807, 2.05) is 19.1 Å². The number of halogens is 1. The second-order valence-corrected chi connectivity index (χ2v) is 6.07. The number of hydrogen-bond acceptors (Lipinski definition) is 4. The molecule has 24 heavy (non-hydrogen) atoms. The molecule has 1 aliphatic heterocycles. The van der Waals surface area contributed by atoms with Crippen molar-refractivity contribution in [1.29, 1.82) is 0 Å². The minimum Gasteiger partial charge on any atom is -0.347 e. The van der Waals surface area contributed by atoms with Crippen LogP contribution in [-0.4, -0.2) is 40.5 Å². The lowest BCUT2D eigenvalue weighted by Crippen LogP contribution is -2.30. The van der Waals surface area contributed by atoms with Crippen LogP contribution >= 0.6 is 11.6 Å². The van der Waals surface area contributed by atoms with Crippen LogP contribution in [0.5, 0.6) is 0 Å². The lowest BCUT2D eigenvalue weighted by atomic mass is 10.1. The first-order valence-corrected chi connectivity index (χ1v) is 8.44. The van der Waals surface area contributed by atoms with Crippen molar-refractivity contribution in [3.8, 4) is 5.69 Å². The molecule has 0 saturated carbocycles. The average molecular weight is 346 g/mol. The molecule has 126 valence electrons. The Labute approximate surface area is 145 Å². The number of rotatable bonds is 5. The minimum atomic E-state index is -0.195. The zero-order valence-electron chi connectivity index (χ0n) is 13.6. The molecule has 3 rings (SSSR count). The van der Waals surface area contributed by atoms with Crippen molar-refractivity contribution < 1.29 is 4.79 Å². The van der Waals surface area contributed by atoms with Gasteiger partial charge in [0.15, 0.2) is 5.69 Å². The highest BCUT2D eigenvalue weighted by Gasteiger charge is 2.19. The Bertz CT molecular complexity index is 768. The van der Waals surface area contributed by atoms with E-state index in [0.29, 0.717) is 23.7 Å². The standard InChI is InChI=1S/C17H20ClN5O/c1-2-15-16(17(24)20-11-12-6-8-19-9-7-12)21-22-23(15)14-5-3-4-13(18)10-14/h3-6,10,19H,2,7-9,11H2,1H3,(H,20,24). The average Bonchev–Trinajstić information content (AvgIpc) is 3.04. The van der Waals surface area contributed by atoms with Crippen molar-refractivity contribution in [1.82, 2.24) is 25.6 Å². The Hall–Kier alpha value is -2.18. The molecule has 6 nitrogen and oxygen atoms in total. The molecule has 0 atom stereocenters. The third kappa shape index (κ3) is 3.66. The highest BCUT2D eigenvalue weighted by molar-refractivity contribution is 6.30. The summed E-state index contributed by atoms with van der Waals surface area (Å²) in [5.41, 5.74) is 3.18. The Kier molecular flexibility index (Phi) is 5.27. The number of nitrogens with zero attached hydrogens (tertiary/aromatic N) is 3. The van der Waals surface area contributed by atoms with Crippen LogP contribution in [0.25, 0.3) is 5.69 Å². The monoisotopic (exact) mass is 345 g/mol. The number of amides is 1. The summed E-state index contributed by atoms with van der Waals surface area (Å²) in [7, 11) is 0. The summed E-state index contributed by atoms with van der Waals surface area (Å²) in [6.07, 6.45) is 3.72. The van der Waals surface area contributed by atoms with Crippen LogP contribution in [0.15, 0.2) is 35.9 Å². The molecule has 7 heteroatoms. The summed E-state index contributed by atoms with van der Waals surface area (Å²) in [6.45, 7) is 4.34. The first kappa shape index (κ1) is 16.7. The van der Waals surface area contributed by atoms with Gasteiger partial charge in [-0.3, -0.25) is 4.79 Å². The lowest BCUT2D eigenvalue weighted by molar-refractivity contribution is 0.0950. The number of hydrogen-bond donors (Lipinski definition) is 2. The molecule has 0 radical (unpaired) electrons. The van der Waals surface area contributed by atoms with Crippen LogP contribution in [0.3, 0.4) is 0 Å². The third-order valence-corrected chi connectivity index (χ3v) is 4.23. The van der Waals surface area contributed by atoms with Gasteiger partial charge < -0.3 is 10.6 Å². The highest BCUT2D eigenvalue weighted by Crippen LogP contribution is 2.18. The van der Waals surface area contributed by atoms with Gasteiger partial charge >= 0.3 is 0 Å². The maximum Gasteiger partial charge on any atom is 0.274 e. The second kappa shape index (κ2) is 7.59. The number of carbonyl (C=O) groups is 1. The third-order valence-electron chi connectivity index (χ3n) is 4.00. The summed E-state index contributed by atoms with van der Waals surface area (Å²) >= 11 is 6.04. The molecule has 2 N–H and O–H groups in total. The molecule has 1 aromatic heterocycles. The van der Waals surface area contributed by atoms with Gasteiger partial charge in [-0.25, -0.2) is 4.68 Å². The van der Waals surface area contributed by atoms with Crippen molar-refractivity contribution in [3.63, 3.8) is 0 Å². The zero-order chi connectivity index (χ0) is 16.9. The second-order valence-electron chi connectivity index (χ2n) is 5.63. The molecule has 1 aliphatic rings. The van der Waals surface area contributed by atoms with Gasteiger partial charge in [0, 0.05) is 18.1 Å². The molecular formula is C17H20ClN5O. The summed E-state index contributed by atoms with van der Waals surface area (Å²) < 4.78 is 1.67. The normalized spacial score (nSPS) is 14.3. The molecule has 0 saturated heterocycles. The first-order valence-electron chi connectivity index (χ1n) is 8.06. The van der Waals surface area contributed by atoms with Crippen LogP contribution in [0.2, 0.25) is 5.02 Å². The van der Waals surface area contributed by atoms with Gasteiger partial charge in [-0.2, -0.15) is 0 Å². The molecule has 1 amide bonds. The van der Waals surface area contributed by atoms with E-state index in [1.165, 1.54) is 5.57 Å². The van der Waals surface area contributed by atoms with E-state index >= 15 is 0 Å². The van der Waals surface area contributed by atoms with E-state index < -0.39 is 0 Å². The fourth-order valence-electron chi connectivity index (χ4n) is 2.72. The number of benzene rings is 1. The topological polar surface area (TPSA) is 71.8 Å². The van der Waals surface area contributed by atoms with Crippen LogP contribution in [0, 0.1) is 0 Å². The summed E-state index contributed by atoms with van der Waals surface area (Å²) in [5.74, 6) is -0.195. The van der Waals surface area contributed by atoms with Gasteiger partial charge in [-0.05, 0) is 37.6 Å². The van der Waals surface area contributed by atoms with Gasteiger partial charge in [0.25, 0.3) is 5.91 Å². The summed E-state index contributed by atoms with van der Waals surface area (Å²) in [4.78, 5) is 12.5. The highest BCUT2D eigenvalue weighted by atomic mass is 35.5. The van der Waals surface area contributed by atoms with Gasteiger partial charge in [0.1, 0.15) is 0 Å². The molecule has 2 aromatic rings. The maximum absolute atomic E-state index is 12.5. The number of nitrogens with one attached hydrogen (secondary N) is 2. The molecule has 0 aliphatic carbocycles. The van der Waals surface area contributed by atoms with Crippen molar-refractivity contribution >= 4 is 17.5 Å². The lowest BCUT2D eigenvalue weighted by Gasteiger charge is -2.14. The Morgan fingerprint density at radius 2 is 2.33 bits per heavy atom. The molecule has 0 spiro atoms. The minimum absolute atomic E-state index is 0.195. The van der Waals surface area contributed by atoms with Crippen molar-refractivity contribution in [2.75, 3.05) is 19.6 Å². The largest absolute Gasteiger partial charge is 0.347 e. The van der Waals surface area contributed by atoms with Crippen LogP contribution in [-0.2, 0) is 6.42 Å². The van der Waals surface area contributed by atoms with Gasteiger partial charge in [-0.15, -0.1) is 5.10 Å². The van der Waals surface area contributed by atoms with Crippen LogP contribution in [0.4, 0.5) is 0 Å². The van der Waals surface area contributed by atoms with E-state index in [1.54, 1.807) is 16.8 Å². The van der Waals surface area contributed by atoms with E-state index in [-0.39, 0.29) is 5.91 Å². The quantitative estimate of drug-likeness (QED) is 0.814.